The van der Waals surface area contributed by atoms with E-state index in [9.17, 15) is 14.7 Å². The highest BCUT2D eigenvalue weighted by Crippen LogP contribution is 2.30. The van der Waals surface area contributed by atoms with Crippen molar-refractivity contribution in [3.63, 3.8) is 0 Å². The molecule has 2 aromatic rings. The lowest BCUT2D eigenvalue weighted by Gasteiger charge is -2.20. The molecule has 1 aliphatic rings. The second-order valence-corrected chi connectivity index (χ2v) is 6.29. The molecule has 2 N–H and O–H groups in total. The number of hydrogen-bond acceptors (Lipinski definition) is 2. The number of nitrogens with zero attached hydrogens (tertiary/aromatic N) is 1. The second kappa shape index (κ2) is 5.48. The van der Waals surface area contributed by atoms with Crippen molar-refractivity contribution in [2.45, 2.75) is 26.2 Å². The van der Waals surface area contributed by atoms with E-state index in [1.165, 1.54) is 0 Å². The topological polar surface area (TPSA) is 73.4 Å². The molecule has 0 saturated carbocycles. The first-order valence-corrected chi connectivity index (χ1v) is 7.56. The number of aromatic amines is 1. The van der Waals surface area contributed by atoms with Crippen molar-refractivity contribution in [2.75, 3.05) is 13.1 Å². The van der Waals surface area contributed by atoms with Crippen molar-refractivity contribution < 1.29 is 14.7 Å². The van der Waals surface area contributed by atoms with E-state index in [4.69, 9.17) is 0 Å². The van der Waals surface area contributed by atoms with Gasteiger partial charge in [-0.1, -0.05) is 18.2 Å². The van der Waals surface area contributed by atoms with Gasteiger partial charge >= 0.3 is 5.97 Å². The molecule has 116 valence electrons. The number of aryl methyl sites for hydroxylation is 1. The average molecular weight is 300 g/mol. The molecule has 0 spiro atoms. The second-order valence-electron chi connectivity index (χ2n) is 6.29. The van der Waals surface area contributed by atoms with Gasteiger partial charge in [-0.3, -0.25) is 9.59 Å². The number of carboxylic acids is 1. The molecule has 5 nitrogen and oxygen atoms in total. The Morgan fingerprint density at radius 1 is 1.36 bits per heavy atom. The van der Waals surface area contributed by atoms with Crippen molar-refractivity contribution in [3.05, 3.63) is 36.0 Å². The van der Waals surface area contributed by atoms with Crippen LogP contribution in [0.5, 0.6) is 0 Å². The standard InChI is InChI=1S/C17H20N2O3/c1-17(16(21)22)8-9-19(11-17)15(20)7-6-12-10-18-14-5-3-2-4-13(12)14/h2-5,10,18H,6-9,11H2,1H3,(H,21,22). The Balaban J connectivity index is 1.63. The van der Waals surface area contributed by atoms with Gasteiger partial charge in [0.05, 0.1) is 5.41 Å². The smallest absolute Gasteiger partial charge is 0.311 e. The van der Waals surface area contributed by atoms with Gasteiger partial charge in [-0.15, -0.1) is 0 Å². The number of H-pyrrole nitrogens is 1. The van der Waals surface area contributed by atoms with Crippen LogP contribution in [0.25, 0.3) is 10.9 Å². The molecule has 1 fully saturated rings. The number of hydrogen-bond donors (Lipinski definition) is 2. The normalized spacial score (nSPS) is 21.4. The van der Waals surface area contributed by atoms with E-state index in [2.05, 4.69) is 4.98 Å². The van der Waals surface area contributed by atoms with Crippen LogP contribution in [0.15, 0.2) is 30.5 Å². The average Bonchev–Trinajstić information content (AvgIpc) is 3.10. The minimum Gasteiger partial charge on any atom is -0.481 e. The maximum Gasteiger partial charge on any atom is 0.311 e. The van der Waals surface area contributed by atoms with Gasteiger partial charge in [-0.2, -0.15) is 0 Å². The van der Waals surface area contributed by atoms with Crippen molar-refractivity contribution in [1.82, 2.24) is 9.88 Å². The minimum absolute atomic E-state index is 0.0373. The highest BCUT2D eigenvalue weighted by Gasteiger charge is 2.41. The van der Waals surface area contributed by atoms with E-state index in [1.54, 1.807) is 11.8 Å². The molecule has 22 heavy (non-hydrogen) atoms. The summed E-state index contributed by atoms with van der Waals surface area (Å²) in [7, 11) is 0. The van der Waals surface area contributed by atoms with Gasteiger partial charge < -0.3 is 15.0 Å². The zero-order valence-corrected chi connectivity index (χ0v) is 12.6. The first-order valence-electron chi connectivity index (χ1n) is 7.56. The van der Waals surface area contributed by atoms with Crippen LogP contribution in [0.2, 0.25) is 0 Å². The zero-order valence-electron chi connectivity index (χ0n) is 12.6. The van der Waals surface area contributed by atoms with E-state index >= 15 is 0 Å². The molecule has 1 aliphatic heterocycles. The van der Waals surface area contributed by atoms with E-state index in [1.807, 2.05) is 30.5 Å². The molecule has 5 heteroatoms. The molecule has 1 unspecified atom stereocenters. The predicted octanol–water partition coefficient (Wildman–Crippen LogP) is 2.42. The number of para-hydroxylation sites is 1. The van der Waals surface area contributed by atoms with Gasteiger partial charge in [-0.25, -0.2) is 0 Å². The summed E-state index contributed by atoms with van der Waals surface area (Å²) in [5, 5.41) is 10.4. The summed E-state index contributed by atoms with van der Waals surface area (Å²) in [6.07, 6.45) is 3.56. The number of rotatable bonds is 4. The molecule has 3 rings (SSSR count). The van der Waals surface area contributed by atoms with Crippen LogP contribution in [-0.4, -0.2) is 40.0 Å². The number of amides is 1. The van der Waals surface area contributed by atoms with E-state index in [-0.39, 0.29) is 5.91 Å². The molecule has 1 aromatic heterocycles. The Kier molecular flexibility index (Phi) is 3.64. The molecule has 1 saturated heterocycles. The Labute approximate surface area is 128 Å². The van der Waals surface area contributed by atoms with E-state index < -0.39 is 11.4 Å². The van der Waals surface area contributed by atoms with Crippen molar-refractivity contribution in [2.24, 2.45) is 5.41 Å². The van der Waals surface area contributed by atoms with Gasteiger partial charge in [0.25, 0.3) is 0 Å². The number of fused-ring (bicyclic) bond motifs is 1. The SMILES string of the molecule is CC1(C(=O)O)CCN(C(=O)CCc2c[nH]c3ccccc23)C1. The molecule has 0 radical (unpaired) electrons. The van der Waals surface area contributed by atoms with Crippen LogP contribution in [-0.2, 0) is 16.0 Å². The number of benzene rings is 1. The lowest BCUT2D eigenvalue weighted by atomic mass is 9.90. The van der Waals surface area contributed by atoms with Crippen LogP contribution in [0.1, 0.15) is 25.3 Å². The zero-order chi connectivity index (χ0) is 15.7. The lowest BCUT2D eigenvalue weighted by Crippen LogP contribution is -2.34. The first-order chi connectivity index (χ1) is 10.5. The Hall–Kier alpha value is -2.30. The molecular weight excluding hydrogens is 280 g/mol. The number of aromatic nitrogens is 1. The number of likely N-dealkylation sites (tertiary alicyclic amines) is 1. The van der Waals surface area contributed by atoms with Crippen LogP contribution in [0, 0.1) is 5.41 Å². The summed E-state index contributed by atoms with van der Waals surface area (Å²) >= 11 is 0. The van der Waals surface area contributed by atoms with Crippen LogP contribution < -0.4 is 0 Å². The summed E-state index contributed by atoms with van der Waals surface area (Å²) in [4.78, 5) is 28.4. The third kappa shape index (κ3) is 2.58. The molecule has 1 atom stereocenters. The fourth-order valence-corrected chi connectivity index (χ4v) is 3.09. The maximum absolute atomic E-state index is 12.3. The highest BCUT2D eigenvalue weighted by molar-refractivity contribution is 5.84. The van der Waals surface area contributed by atoms with Crippen molar-refractivity contribution in [3.8, 4) is 0 Å². The summed E-state index contributed by atoms with van der Waals surface area (Å²) in [6.45, 7) is 2.56. The Morgan fingerprint density at radius 2 is 2.14 bits per heavy atom. The van der Waals surface area contributed by atoms with Gasteiger partial charge in [0.2, 0.25) is 5.91 Å². The molecule has 0 bridgehead atoms. The number of carbonyl (C=O) groups excluding carboxylic acids is 1. The van der Waals surface area contributed by atoms with Crippen LogP contribution in [0.4, 0.5) is 0 Å². The monoisotopic (exact) mass is 300 g/mol. The quantitative estimate of drug-likeness (QED) is 0.910. The number of carbonyl (C=O) groups is 2. The fraction of sp³-hybridized carbons (Fsp3) is 0.412. The molecule has 0 aliphatic carbocycles. The van der Waals surface area contributed by atoms with Crippen molar-refractivity contribution in [1.29, 1.82) is 0 Å². The predicted molar refractivity (Wildman–Crippen MR) is 83.6 cm³/mol. The van der Waals surface area contributed by atoms with Gasteiger partial charge in [0, 0.05) is 36.6 Å². The number of aliphatic carboxylic acids is 1. The van der Waals surface area contributed by atoms with Gasteiger partial charge in [0.1, 0.15) is 0 Å². The fourth-order valence-electron chi connectivity index (χ4n) is 3.09. The lowest BCUT2D eigenvalue weighted by molar-refractivity contribution is -0.147. The number of carboxylic acid groups (broad SMARTS) is 1. The summed E-state index contributed by atoms with van der Waals surface area (Å²) in [6, 6.07) is 8.02. The summed E-state index contributed by atoms with van der Waals surface area (Å²) in [5.74, 6) is -0.783. The Bertz CT molecular complexity index is 722. The molecule has 1 amide bonds. The maximum atomic E-state index is 12.3. The third-order valence-corrected chi connectivity index (χ3v) is 4.63. The van der Waals surface area contributed by atoms with Crippen molar-refractivity contribution >= 4 is 22.8 Å². The largest absolute Gasteiger partial charge is 0.481 e. The van der Waals surface area contributed by atoms with Gasteiger partial charge in [-0.05, 0) is 31.4 Å². The molecule has 1 aromatic carbocycles. The van der Waals surface area contributed by atoms with Gasteiger partial charge in [0.15, 0.2) is 0 Å². The highest BCUT2D eigenvalue weighted by atomic mass is 16.4. The molecular formula is C17H20N2O3. The van der Waals surface area contributed by atoms with E-state index in [0.717, 1.165) is 16.5 Å². The summed E-state index contributed by atoms with van der Waals surface area (Å²) < 4.78 is 0. The van der Waals surface area contributed by atoms with Crippen LogP contribution in [0.3, 0.4) is 0 Å². The van der Waals surface area contributed by atoms with Crippen LogP contribution >= 0.6 is 0 Å². The third-order valence-electron chi connectivity index (χ3n) is 4.63. The number of nitrogens with one attached hydrogen (secondary N) is 1. The first kappa shape index (κ1) is 14.6. The Morgan fingerprint density at radius 3 is 2.86 bits per heavy atom. The molecule has 2 heterocycles. The van der Waals surface area contributed by atoms with E-state index in [0.29, 0.717) is 32.4 Å². The minimum atomic E-state index is -0.820. The summed E-state index contributed by atoms with van der Waals surface area (Å²) in [5.41, 5.74) is 1.41.